The maximum atomic E-state index is 12.6. The van der Waals surface area contributed by atoms with Crippen LogP contribution in [0.4, 0.5) is 5.69 Å². The third kappa shape index (κ3) is 6.52. The van der Waals surface area contributed by atoms with Crippen molar-refractivity contribution in [3.8, 4) is 17.2 Å². The molecule has 0 fully saturated rings. The monoisotopic (exact) mass is 468 g/mol. The molecule has 3 aromatic rings. The number of thioether (sulfide) groups is 1. The van der Waals surface area contributed by atoms with Crippen LogP contribution >= 0.6 is 11.8 Å². The molecule has 0 aliphatic heterocycles. The lowest BCUT2D eigenvalue weighted by Gasteiger charge is -2.12. The van der Waals surface area contributed by atoms with E-state index in [1.807, 2.05) is 28.8 Å². The largest absolute Gasteiger partial charge is 0.497 e. The van der Waals surface area contributed by atoms with Crippen molar-refractivity contribution < 1.29 is 19.0 Å². The van der Waals surface area contributed by atoms with Crippen LogP contribution in [-0.2, 0) is 24.4 Å². The molecule has 0 bridgehead atoms. The molecule has 3 rings (SSSR count). The summed E-state index contributed by atoms with van der Waals surface area (Å²) in [7, 11) is 3.11. The van der Waals surface area contributed by atoms with Gasteiger partial charge in [-0.1, -0.05) is 36.9 Å². The van der Waals surface area contributed by atoms with E-state index in [1.165, 1.54) is 17.3 Å². The standard InChI is InChI=1S/C24H28N4O4S/c1-5-13-28-22(15-32-18-9-7-17(6-2)8-10-18)26-27-24(28)33-16-23(29)25-20-14-19(30-3)11-12-21(20)31-4/h5,7-12,14H,1,6,13,15-16H2,2-4H3,(H,25,29). The SMILES string of the molecule is C=CCn1c(COc2ccc(CC)cc2)nnc1SCC(=O)Nc1cc(OC)ccc1OC. The van der Waals surface area contributed by atoms with Crippen molar-refractivity contribution in [1.82, 2.24) is 14.8 Å². The number of rotatable bonds is 12. The number of ether oxygens (including phenoxy) is 3. The van der Waals surface area contributed by atoms with Crippen molar-refractivity contribution in [2.45, 2.75) is 31.7 Å². The van der Waals surface area contributed by atoms with Gasteiger partial charge >= 0.3 is 0 Å². The topological polar surface area (TPSA) is 87.5 Å². The Labute approximate surface area is 198 Å². The van der Waals surface area contributed by atoms with Crippen LogP contribution in [0, 0.1) is 0 Å². The first-order valence-corrected chi connectivity index (χ1v) is 11.5. The first kappa shape index (κ1) is 24.2. The number of aryl methyl sites for hydroxylation is 1. The lowest BCUT2D eigenvalue weighted by atomic mass is 10.2. The molecule has 8 nitrogen and oxygen atoms in total. The van der Waals surface area contributed by atoms with E-state index in [0.717, 1.165) is 12.2 Å². The van der Waals surface area contributed by atoms with Crippen LogP contribution in [0.1, 0.15) is 18.3 Å². The summed E-state index contributed by atoms with van der Waals surface area (Å²) in [4.78, 5) is 12.6. The summed E-state index contributed by atoms with van der Waals surface area (Å²) in [6.07, 6.45) is 2.74. The Morgan fingerprint density at radius 3 is 2.55 bits per heavy atom. The summed E-state index contributed by atoms with van der Waals surface area (Å²) in [6.45, 7) is 6.69. The summed E-state index contributed by atoms with van der Waals surface area (Å²) in [5.41, 5.74) is 1.79. The minimum Gasteiger partial charge on any atom is -0.497 e. The molecule has 0 unspecified atom stereocenters. The first-order valence-electron chi connectivity index (χ1n) is 10.5. The number of methoxy groups -OCH3 is 2. The van der Waals surface area contributed by atoms with Crippen LogP contribution in [0.5, 0.6) is 17.2 Å². The maximum absolute atomic E-state index is 12.6. The average Bonchev–Trinajstić information content (AvgIpc) is 3.23. The van der Waals surface area contributed by atoms with Crippen LogP contribution in [0.15, 0.2) is 60.3 Å². The number of carbonyl (C=O) groups is 1. The van der Waals surface area contributed by atoms with Crippen molar-refractivity contribution in [3.05, 3.63) is 66.5 Å². The summed E-state index contributed by atoms with van der Waals surface area (Å²) in [5.74, 6) is 2.55. The molecule has 0 aliphatic carbocycles. The Kier molecular flexibility index (Phi) is 8.77. The fourth-order valence-electron chi connectivity index (χ4n) is 3.04. The predicted molar refractivity (Wildman–Crippen MR) is 129 cm³/mol. The highest BCUT2D eigenvalue weighted by molar-refractivity contribution is 7.99. The molecule has 0 saturated heterocycles. The first-order chi connectivity index (χ1) is 16.1. The van der Waals surface area contributed by atoms with E-state index in [2.05, 4.69) is 29.0 Å². The van der Waals surface area contributed by atoms with Crippen LogP contribution in [-0.4, -0.2) is 40.6 Å². The molecule has 0 saturated carbocycles. The number of carbonyl (C=O) groups excluding carboxylic acids is 1. The van der Waals surface area contributed by atoms with Gasteiger partial charge in [0, 0.05) is 12.6 Å². The van der Waals surface area contributed by atoms with Crippen LogP contribution in [0.3, 0.4) is 0 Å². The van der Waals surface area contributed by atoms with Gasteiger partial charge in [0.2, 0.25) is 5.91 Å². The number of aromatic nitrogens is 3. The molecule has 1 amide bonds. The number of nitrogens with one attached hydrogen (secondary N) is 1. The fourth-order valence-corrected chi connectivity index (χ4v) is 3.81. The number of amides is 1. The predicted octanol–water partition coefficient (Wildman–Crippen LogP) is 4.35. The van der Waals surface area contributed by atoms with Gasteiger partial charge < -0.3 is 19.5 Å². The average molecular weight is 469 g/mol. The van der Waals surface area contributed by atoms with Gasteiger partial charge in [-0.3, -0.25) is 9.36 Å². The lowest BCUT2D eigenvalue weighted by Crippen LogP contribution is -2.15. The zero-order chi connectivity index (χ0) is 23.6. The molecule has 9 heteroatoms. The van der Waals surface area contributed by atoms with E-state index in [0.29, 0.717) is 34.7 Å². The van der Waals surface area contributed by atoms with Gasteiger partial charge in [-0.2, -0.15) is 0 Å². The van der Waals surface area contributed by atoms with Gasteiger partial charge in [-0.05, 0) is 36.2 Å². The third-order valence-electron chi connectivity index (χ3n) is 4.82. The van der Waals surface area contributed by atoms with E-state index in [4.69, 9.17) is 14.2 Å². The molecule has 0 radical (unpaired) electrons. The van der Waals surface area contributed by atoms with Gasteiger partial charge in [0.25, 0.3) is 0 Å². The van der Waals surface area contributed by atoms with E-state index in [1.54, 1.807) is 38.5 Å². The number of nitrogens with zero attached hydrogens (tertiary/aromatic N) is 3. The Hall–Kier alpha value is -3.46. The molecule has 33 heavy (non-hydrogen) atoms. The molecule has 0 spiro atoms. The molecular weight excluding hydrogens is 440 g/mol. The molecule has 1 aromatic heterocycles. The van der Waals surface area contributed by atoms with Crippen LogP contribution < -0.4 is 19.5 Å². The Morgan fingerprint density at radius 1 is 1.12 bits per heavy atom. The van der Waals surface area contributed by atoms with E-state index < -0.39 is 0 Å². The fraction of sp³-hybridized carbons (Fsp3) is 0.292. The van der Waals surface area contributed by atoms with Crippen molar-refractivity contribution in [2.24, 2.45) is 0 Å². The van der Waals surface area contributed by atoms with Crippen LogP contribution in [0.2, 0.25) is 0 Å². The van der Waals surface area contributed by atoms with Crippen molar-refractivity contribution in [1.29, 1.82) is 0 Å². The lowest BCUT2D eigenvalue weighted by molar-refractivity contribution is -0.113. The summed E-state index contributed by atoms with van der Waals surface area (Å²) in [5, 5.41) is 12.0. The second kappa shape index (κ2) is 12.0. The van der Waals surface area contributed by atoms with Gasteiger partial charge in [-0.25, -0.2) is 0 Å². The normalized spacial score (nSPS) is 10.5. The smallest absolute Gasteiger partial charge is 0.234 e. The minimum absolute atomic E-state index is 0.148. The molecule has 1 N–H and O–H groups in total. The summed E-state index contributed by atoms with van der Waals surface area (Å²) >= 11 is 1.29. The van der Waals surface area contributed by atoms with Crippen LogP contribution in [0.25, 0.3) is 0 Å². The van der Waals surface area contributed by atoms with E-state index in [9.17, 15) is 4.79 Å². The van der Waals surface area contributed by atoms with Gasteiger partial charge in [0.15, 0.2) is 11.0 Å². The Morgan fingerprint density at radius 2 is 1.88 bits per heavy atom. The van der Waals surface area contributed by atoms with Gasteiger partial charge in [0.05, 0.1) is 25.7 Å². The molecular formula is C24H28N4O4S. The highest BCUT2D eigenvalue weighted by Gasteiger charge is 2.15. The number of benzene rings is 2. The molecule has 1 heterocycles. The Balaban J connectivity index is 1.63. The molecule has 2 aromatic carbocycles. The zero-order valence-electron chi connectivity index (χ0n) is 19.0. The van der Waals surface area contributed by atoms with E-state index >= 15 is 0 Å². The molecule has 0 atom stereocenters. The highest BCUT2D eigenvalue weighted by atomic mass is 32.2. The summed E-state index contributed by atoms with van der Waals surface area (Å²) < 4.78 is 18.3. The number of allylic oxidation sites excluding steroid dienone is 1. The minimum atomic E-state index is -0.200. The highest BCUT2D eigenvalue weighted by Crippen LogP contribution is 2.29. The van der Waals surface area contributed by atoms with E-state index in [-0.39, 0.29) is 18.3 Å². The molecule has 0 aliphatic rings. The number of anilines is 1. The van der Waals surface area contributed by atoms with Crippen molar-refractivity contribution in [3.63, 3.8) is 0 Å². The maximum Gasteiger partial charge on any atom is 0.234 e. The number of hydrogen-bond donors (Lipinski definition) is 1. The van der Waals surface area contributed by atoms with Gasteiger partial charge in [0.1, 0.15) is 23.9 Å². The van der Waals surface area contributed by atoms with Crippen molar-refractivity contribution in [2.75, 3.05) is 25.3 Å². The third-order valence-corrected chi connectivity index (χ3v) is 5.78. The number of hydrogen-bond acceptors (Lipinski definition) is 7. The summed E-state index contributed by atoms with van der Waals surface area (Å²) in [6, 6.07) is 13.2. The quantitative estimate of drug-likeness (QED) is 0.312. The molecule has 174 valence electrons. The second-order valence-corrected chi connectivity index (χ2v) is 7.93. The van der Waals surface area contributed by atoms with Gasteiger partial charge in [-0.15, -0.1) is 16.8 Å². The van der Waals surface area contributed by atoms with Crippen molar-refractivity contribution >= 4 is 23.4 Å². The zero-order valence-corrected chi connectivity index (χ0v) is 19.9. The second-order valence-electron chi connectivity index (χ2n) is 6.99. The Bertz CT molecular complexity index is 1080.